The molecule has 3 nitrogen and oxygen atoms in total. The van der Waals surface area contributed by atoms with Gasteiger partial charge >= 0.3 is 5.97 Å². The van der Waals surface area contributed by atoms with Crippen LogP contribution < -0.4 is 5.32 Å². The van der Waals surface area contributed by atoms with Gasteiger partial charge in [-0.1, -0.05) is 31.5 Å². The van der Waals surface area contributed by atoms with E-state index in [1.807, 2.05) is 6.92 Å². The van der Waals surface area contributed by atoms with Gasteiger partial charge in [-0.05, 0) is 25.0 Å². The van der Waals surface area contributed by atoms with Gasteiger partial charge in [0.05, 0.1) is 0 Å². The maximum Gasteiger partial charge on any atom is 0.323 e. The molecule has 0 aliphatic rings. The van der Waals surface area contributed by atoms with Crippen molar-refractivity contribution in [3.8, 4) is 0 Å². The van der Waals surface area contributed by atoms with Crippen LogP contribution in [0.3, 0.4) is 0 Å². The van der Waals surface area contributed by atoms with E-state index in [1.165, 1.54) is 12.1 Å². The molecule has 0 bridgehead atoms. The average Bonchev–Trinajstić information content (AvgIpc) is 2.37. The molecule has 0 saturated carbocycles. The third-order valence-electron chi connectivity index (χ3n) is 3.11. The second kappa shape index (κ2) is 6.61. The highest BCUT2D eigenvalue weighted by Crippen LogP contribution is 2.20. The molecule has 1 aromatic rings. The molecule has 0 aliphatic heterocycles. The maximum atomic E-state index is 12.6. The summed E-state index contributed by atoms with van der Waals surface area (Å²) in [6, 6.07) is 6.01. The first-order valence-corrected chi connectivity index (χ1v) is 6.24. The number of nitrogens with one attached hydrogen (secondary N) is 1. The summed E-state index contributed by atoms with van der Waals surface area (Å²) in [7, 11) is 0. The Labute approximate surface area is 111 Å². The zero-order valence-electron chi connectivity index (χ0n) is 11.1. The molecule has 1 atom stereocenters. The van der Waals surface area contributed by atoms with E-state index in [0.717, 1.165) is 6.42 Å². The topological polar surface area (TPSA) is 49.3 Å². The Balaban J connectivity index is 2.74. The van der Waals surface area contributed by atoms with Crippen molar-refractivity contribution in [3.63, 3.8) is 0 Å². The van der Waals surface area contributed by atoms with Gasteiger partial charge in [0.15, 0.2) is 0 Å². The van der Waals surface area contributed by atoms with Gasteiger partial charge in [0.2, 0.25) is 0 Å². The number of carboxylic acid groups (broad SMARTS) is 1. The van der Waals surface area contributed by atoms with Gasteiger partial charge in [0.25, 0.3) is 6.43 Å². The van der Waals surface area contributed by atoms with E-state index in [0.29, 0.717) is 12.0 Å². The minimum Gasteiger partial charge on any atom is -0.480 e. The summed E-state index contributed by atoms with van der Waals surface area (Å²) in [4.78, 5) is 11.2. The number of hydrogen-bond acceptors (Lipinski definition) is 2. The van der Waals surface area contributed by atoms with Gasteiger partial charge in [-0.3, -0.25) is 10.1 Å². The van der Waals surface area contributed by atoms with E-state index in [2.05, 4.69) is 5.32 Å². The third kappa shape index (κ3) is 4.28. The van der Waals surface area contributed by atoms with E-state index in [4.69, 9.17) is 0 Å². The second-order valence-electron chi connectivity index (χ2n) is 4.79. The molecule has 1 unspecified atom stereocenters. The molecule has 0 spiro atoms. The quantitative estimate of drug-likeness (QED) is 0.799. The summed E-state index contributed by atoms with van der Waals surface area (Å²) < 4.78 is 25.1. The molecule has 0 amide bonds. The van der Waals surface area contributed by atoms with Crippen LogP contribution in [0.2, 0.25) is 0 Å². The summed E-state index contributed by atoms with van der Waals surface area (Å²) in [6.45, 7) is 3.76. The Morgan fingerprint density at radius 2 is 2.16 bits per heavy atom. The Bertz CT molecular complexity index is 437. The minimum atomic E-state index is -2.51. The van der Waals surface area contributed by atoms with Crippen LogP contribution in [-0.2, 0) is 11.3 Å². The van der Waals surface area contributed by atoms with Crippen molar-refractivity contribution in [2.45, 2.75) is 45.2 Å². The van der Waals surface area contributed by atoms with E-state index < -0.39 is 17.9 Å². The lowest BCUT2D eigenvalue weighted by Crippen LogP contribution is -2.48. The number of carbonyl (C=O) groups is 1. The molecule has 19 heavy (non-hydrogen) atoms. The molecule has 0 aliphatic carbocycles. The lowest BCUT2D eigenvalue weighted by atomic mass is 9.96. The Morgan fingerprint density at radius 1 is 1.47 bits per heavy atom. The zero-order valence-corrected chi connectivity index (χ0v) is 11.1. The first kappa shape index (κ1) is 15.6. The largest absolute Gasteiger partial charge is 0.480 e. The zero-order chi connectivity index (χ0) is 14.5. The van der Waals surface area contributed by atoms with Crippen molar-refractivity contribution in [1.29, 1.82) is 0 Å². The van der Waals surface area contributed by atoms with Crippen molar-refractivity contribution in [3.05, 3.63) is 35.4 Å². The fourth-order valence-electron chi connectivity index (χ4n) is 1.91. The smallest absolute Gasteiger partial charge is 0.323 e. The monoisotopic (exact) mass is 271 g/mol. The van der Waals surface area contributed by atoms with Gasteiger partial charge < -0.3 is 5.11 Å². The van der Waals surface area contributed by atoms with Gasteiger partial charge in [0, 0.05) is 12.1 Å². The average molecular weight is 271 g/mol. The maximum absolute atomic E-state index is 12.6. The summed E-state index contributed by atoms with van der Waals surface area (Å²) in [5.74, 6) is -0.931. The lowest BCUT2D eigenvalue weighted by Gasteiger charge is -2.26. The number of hydrogen-bond donors (Lipinski definition) is 2. The molecule has 5 heteroatoms. The van der Waals surface area contributed by atoms with E-state index in [9.17, 15) is 18.7 Å². The highest BCUT2D eigenvalue weighted by Gasteiger charge is 2.31. The van der Waals surface area contributed by atoms with E-state index in [-0.39, 0.29) is 12.1 Å². The molecule has 0 aromatic heterocycles. The molecular weight excluding hydrogens is 252 g/mol. The molecule has 0 fully saturated rings. The summed E-state index contributed by atoms with van der Waals surface area (Å²) in [5, 5.41) is 12.1. The predicted molar refractivity (Wildman–Crippen MR) is 69.2 cm³/mol. The lowest BCUT2D eigenvalue weighted by molar-refractivity contribution is -0.144. The number of carboxylic acids is 1. The van der Waals surface area contributed by atoms with Gasteiger partial charge in [-0.2, -0.15) is 0 Å². The Hall–Kier alpha value is -1.49. The summed E-state index contributed by atoms with van der Waals surface area (Å²) in [6.07, 6.45) is -1.30. The number of rotatable bonds is 7. The van der Waals surface area contributed by atoms with Crippen LogP contribution in [0.5, 0.6) is 0 Å². The van der Waals surface area contributed by atoms with Crippen molar-refractivity contribution < 1.29 is 18.7 Å². The summed E-state index contributed by atoms with van der Waals surface area (Å²) >= 11 is 0. The van der Waals surface area contributed by atoms with E-state index >= 15 is 0 Å². The Morgan fingerprint density at radius 3 is 2.68 bits per heavy atom. The summed E-state index contributed by atoms with van der Waals surface area (Å²) in [5.41, 5.74) is -0.427. The number of halogens is 2. The fraction of sp³-hybridized carbons (Fsp3) is 0.500. The third-order valence-corrected chi connectivity index (χ3v) is 3.11. The van der Waals surface area contributed by atoms with Crippen LogP contribution in [0.15, 0.2) is 24.3 Å². The van der Waals surface area contributed by atoms with Gasteiger partial charge in [-0.25, -0.2) is 8.78 Å². The molecule has 2 N–H and O–H groups in total. The second-order valence-corrected chi connectivity index (χ2v) is 4.79. The number of benzene rings is 1. The predicted octanol–water partition coefficient (Wildman–Crippen LogP) is 3.36. The van der Waals surface area contributed by atoms with Crippen LogP contribution in [0.1, 0.15) is 44.2 Å². The molecule has 0 radical (unpaired) electrons. The number of alkyl halides is 2. The van der Waals surface area contributed by atoms with Crippen LogP contribution in [0.25, 0.3) is 0 Å². The van der Waals surface area contributed by atoms with Crippen molar-refractivity contribution in [2.24, 2.45) is 0 Å². The first-order chi connectivity index (χ1) is 8.89. The normalized spacial score (nSPS) is 14.4. The van der Waals surface area contributed by atoms with Crippen LogP contribution >= 0.6 is 0 Å². The Kier molecular flexibility index (Phi) is 5.42. The highest BCUT2D eigenvalue weighted by atomic mass is 19.3. The van der Waals surface area contributed by atoms with Crippen LogP contribution in [0, 0.1) is 0 Å². The SMILES string of the molecule is CCCC(C)(NCc1cccc(C(F)F)c1)C(=O)O. The van der Waals surface area contributed by atoms with Gasteiger partial charge in [-0.15, -0.1) is 0 Å². The minimum absolute atomic E-state index is 0.0492. The standard InChI is InChI=1S/C14H19F2NO2/c1-3-7-14(2,13(18)19)17-9-10-5-4-6-11(8-10)12(15)16/h4-6,8,12,17H,3,7,9H2,1-2H3,(H,18,19). The molecule has 0 saturated heterocycles. The molecular formula is C14H19F2NO2. The van der Waals surface area contributed by atoms with Crippen molar-refractivity contribution in [1.82, 2.24) is 5.32 Å². The van der Waals surface area contributed by atoms with Crippen LogP contribution in [-0.4, -0.2) is 16.6 Å². The van der Waals surface area contributed by atoms with E-state index in [1.54, 1.807) is 19.1 Å². The van der Waals surface area contributed by atoms with Crippen molar-refractivity contribution in [2.75, 3.05) is 0 Å². The fourth-order valence-corrected chi connectivity index (χ4v) is 1.91. The molecule has 0 heterocycles. The molecule has 1 aromatic carbocycles. The highest BCUT2D eigenvalue weighted by molar-refractivity contribution is 5.78. The first-order valence-electron chi connectivity index (χ1n) is 6.24. The van der Waals surface area contributed by atoms with Crippen molar-refractivity contribution >= 4 is 5.97 Å². The number of aliphatic carboxylic acids is 1. The van der Waals surface area contributed by atoms with Gasteiger partial charge in [0.1, 0.15) is 5.54 Å². The van der Waals surface area contributed by atoms with Crippen LogP contribution in [0.4, 0.5) is 8.78 Å². The molecule has 1 rings (SSSR count). The molecule has 106 valence electrons.